The van der Waals surface area contributed by atoms with E-state index in [0.717, 1.165) is 56.2 Å². The molecule has 2 aliphatic heterocycles. The summed E-state index contributed by atoms with van der Waals surface area (Å²) in [6, 6.07) is 48.3. The highest BCUT2D eigenvalue weighted by Gasteiger charge is 2.55. The molecule has 0 N–H and O–H groups in total. The van der Waals surface area contributed by atoms with E-state index in [2.05, 4.69) is 135 Å². The molecule has 5 aliphatic rings. The molecule has 12 rings (SSSR count). The summed E-state index contributed by atoms with van der Waals surface area (Å²) in [7, 11) is 3.43. The first kappa shape index (κ1) is 37.8. The van der Waals surface area contributed by atoms with Crippen molar-refractivity contribution in [1.82, 2.24) is 0 Å². The van der Waals surface area contributed by atoms with Crippen LogP contribution in [0.3, 0.4) is 0 Å². The summed E-state index contributed by atoms with van der Waals surface area (Å²) >= 11 is 1.81. The van der Waals surface area contributed by atoms with Gasteiger partial charge in [0.05, 0.1) is 19.1 Å². The lowest BCUT2D eigenvalue weighted by molar-refractivity contribution is 0.163. The van der Waals surface area contributed by atoms with Crippen molar-refractivity contribution >= 4 is 28.6 Å². The van der Waals surface area contributed by atoms with Gasteiger partial charge < -0.3 is 18.9 Å². The van der Waals surface area contributed by atoms with Crippen molar-refractivity contribution in [1.29, 1.82) is 0 Å². The molecule has 2 unspecified atom stereocenters. The summed E-state index contributed by atoms with van der Waals surface area (Å²) in [5.74, 6) is 4.92. The third-order valence-corrected chi connectivity index (χ3v) is 16.5. The number of aryl methyl sites for hydroxylation is 2. The van der Waals surface area contributed by atoms with Gasteiger partial charge in [0.1, 0.15) is 23.0 Å². The predicted octanol–water partition coefficient (Wildman–Crippen LogP) is 14.1. The average Bonchev–Trinajstić information content (AvgIpc) is 3.98. The van der Waals surface area contributed by atoms with Gasteiger partial charge in [0.25, 0.3) is 0 Å². The van der Waals surface area contributed by atoms with Crippen molar-refractivity contribution in [3.8, 4) is 34.1 Å². The molecule has 0 bridgehead atoms. The lowest BCUT2D eigenvalue weighted by atomic mass is 9.72. The molecule has 0 saturated heterocycles. The Morgan fingerprint density at radius 3 is 1.76 bits per heavy atom. The Hall–Kier alpha value is -5.91. The topological polar surface area (TPSA) is 36.9 Å². The molecule has 0 radical (unpaired) electrons. The van der Waals surface area contributed by atoms with E-state index in [-0.39, 0.29) is 5.41 Å². The lowest BCUT2D eigenvalue weighted by Crippen LogP contribution is -2.35. The van der Waals surface area contributed by atoms with Gasteiger partial charge in [0.2, 0.25) is 4.93 Å². The maximum Gasteiger partial charge on any atom is 0.211 e. The fourth-order valence-corrected chi connectivity index (χ4v) is 13.8. The highest BCUT2D eigenvalue weighted by atomic mass is 32.2. The minimum atomic E-state index is -0.927. The van der Waals surface area contributed by atoms with Crippen LogP contribution in [0.2, 0.25) is 0 Å². The third kappa shape index (κ3) is 5.33. The van der Waals surface area contributed by atoms with E-state index in [1.54, 1.807) is 14.2 Å². The molecule has 62 heavy (non-hydrogen) atoms. The molecule has 2 fully saturated rings. The number of fused-ring (bicyclic) bond motifs is 12. The first-order valence-electron chi connectivity index (χ1n) is 22.3. The molecular weight excluding hydrogens is 781 g/mol. The second-order valence-corrected chi connectivity index (χ2v) is 19.5. The van der Waals surface area contributed by atoms with Crippen molar-refractivity contribution < 1.29 is 18.9 Å². The fourth-order valence-electron chi connectivity index (χ4n) is 12.3. The van der Waals surface area contributed by atoms with Crippen LogP contribution in [0.4, 0.5) is 0 Å². The van der Waals surface area contributed by atoms with Crippen LogP contribution in [0.15, 0.2) is 144 Å². The van der Waals surface area contributed by atoms with Crippen LogP contribution in [0.1, 0.15) is 88.6 Å². The first-order chi connectivity index (χ1) is 30.4. The molecule has 3 aliphatic carbocycles. The van der Waals surface area contributed by atoms with Gasteiger partial charge in [0.15, 0.2) is 5.60 Å². The largest absolute Gasteiger partial charge is 0.497 e. The molecule has 0 amide bonds. The number of thioether (sulfide) groups is 1. The van der Waals surface area contributed by atoms with E-state index in [9.17, 15) is 0 Å². The van der Waals surface area contributed by atoms with Crippen LogP contribution in [-0.2, 0) is 15.9 Å². The number of methoxy groups -OCH3 is 2. The van der Waals surface area contributed by atoms with E-state index in [1.807, 2.05) is 36.0 Å². The predicted molar refractivity (Wildman–Crippen MR) is 251 cm³/mol. The van der Waals surface area contributed by atoms with Gasteiger partial charge in [-0.25, -0.2) is 0 Å². The zero-order valence-electron chi connectivity index (χ0n) is 35.8. The van der Waals surface area contributed by atoms with Crippen LogP contribution in [-0.4, -0.2) is 14.2 Å². The molecule has 5 heteroatoms. The van der Waals surface area contributed by atoms with Gasteiger partial charge in [-0.15, -0.1) is 0 Å². The van der Waals surface area contributed by atoms with E-state index >= 15 is 0 Å². The normalized spacial score (nSPS) is 21.9. The average molecular weight is 831 g/mol. The van der Waals surface area contributed by atoms with E-state index in [4.69, 9.17) is 18.9 Å². The summed E-state index contributed by atoms with van der Waals surface area (Å²) in [5, 5.41) is 2.30. The summed E-state index contributed by atoms with van der Waals surface area (Å²) in [4.78, 5) is 0.341. The Kier molecular flexibility index (Phi) is 8.57. The van der Waals surface area contributed by atoms with Gasteiger partial charge >= 0.3 is 0 Å². The minimum Gasteiger partial charge on any atom is -0.497 e. The molecule has 2 atom stereocenters. The molecular formula is C57H50O4S. The summed E-state index contributed by atoms with van der Waals surface area (Å²) in [6.45, 7) is 4.41. The standard InChI is InChI=1S/C57H50O4S/c1-35-13-5-10-18-47(35)57(48-19-11-6-14-36(48)2)60-50-31-45-46(32-51(50)62-57)54-44(53-52(45)43-17-9-12-20-49(43)55(53)33-37-15-7-8-16-38(37)34-55)29-30-56(61-54,39-21-25-41(58-3)26-22-39)40-23-27-42(59-4)28-24-40/h5-6,9-14,17-32,37-38H,7-8,15-16,33-34H2,1-4H3. The lowest BCUT2D eigenvalue weighted by Gasteiger charge is -2.39. The van der Waals surface area contributed by atoms with Crippen LogP contribution < -0.4 is 18.9 Å². The second-order valence-electron chi connectivity index (χ2n) is 18.3. The van der Waals surface area contributed by atoms with Gasteiger partial charge in [-0.1, -0.05) is 141 Å². The second kappa shape index (κ2) is 14.1. The maximum atomic E-state index is 7.90. The molecule has 0 aromatic heterocycles. The van der Waals surface area contributed by atoms with Gasteiger partial charge in [-0.2, -0.15) is 0 Å². The minimum absolute atomic E-state index is 0.0987. The molecule has 2 heterocycles. The molecule has 1 spiro atoms. The molecule has 2 saturated carbocycles. The van der Waals surface area contributed by atoms with Crippen molar-refractivity contribution in [2.24, 2.45) is 11.8 Å². The molecule has 7 aromatic rings. The first-order valence-corrected chi connectivity index (χ1v) is 23.1. The van der Waals surface area contributed by atoms with Crippen LogP contribution >= 0.6 is 11.8 Å². The van der Waals surface area contributed by atoms with Gasteiger partial charge in [0, 0.05) is 38.6 Å². The highest BCUT2D eigenvalue weighted by Crippen LogP contribution is 2.67. The summed E-state index contributed by atoms with van der Waals surface area (Å²) < 4.78 is 26.8. The highest BCUT2D eigenvalue weighted by molar-refractivity contribution is 8.00. The monoisotopic (exact) mass is 830 g/mol. The van der Waals surface area contributed by atoms with Crippen LogP contribution in [0, 0.1) is 25.7 Å². The van der Waals surface area contributed by atoms with Gasteiger partial charge in [-0.05, 0) is 120 Å². The summed E-state index contributed by atoms with van der Waals surface area (Å²) in [5.41, 5.74) is 12.6. The molecule has 7 aromatic carbocycles. The third-order valence-electron chi connectivity index (χ3n) is 15.1. The van der Waals surface area contributed by atoms with Crippen LogP contribution in [0.25, 0.3) is 28.0 Å². The van der Waals surface area contributed by atoms with Crippen molar-refractivity contribution in [3.05, 3.63) is 190 Å². The van der Waals surface area contributed by atoms with E-state index < -0.39 is 10.5 Å². The zero-order valence-corrected chi connectivity index (χ0v) is 36.6. The van der Waals surface area contributed by atoms with Crippen LogP contribution in [0.5, 0.6) is 23.0 Å². The number of benzene rings is 7. The zero-order chi connectivity index (χ0) is 41.8. The van der Waals surface area contributed by atoms with E-state index in [1.165, 1.54) is 94.0 Å². The van der Waals surface area contributed by atoms with Gasteiger partial charge in [-0.3, -0.25) is 0 Å². The smallest absolute Gasteiger partial charge is 0.211 e. The van der Waals surface area contributed by atoms with Crippen molar-refractivity contribution in [2.45, 2.75) is 73.2 Å². The van der Waals surface area contributed by atoms with Crippen molar-refractivity contribution in [2.75, 3.05) is 14.2 Å². The Morgan fingerprint density at radius 1 is 0.613 bits per heavy atom. The maximum absolute atomic E-state index is 7.90. The fraction of sp³-hybridized carbons (Fsp3) is 0.263. The number of hydrogen-bond donors (Lipinski definition) is 0. The Morgan fingerprint density at radius 2 is 1.18 bits per heavy atom. The summed E-state index contributed by atoms with van der Waals surface area (Å²) in [6.07, 6.45) is 12.4. The van der Waals surface area contributed by atoms with Crippen molar-refractivity contribution in [3.63, 3.8) is 0 Å². The molecule has 4 nitrogen and oxygen atoms in total. The SMILES string of the molecule is COc1ccc(C2(c3ccc(OC)cc3)C=Cc3c4c(c5cc6c(cc5c3O2)SC(c2ccccc2C)(c2ccccc2C)O6)-c2ccccc2C42CC3CCCCC3C2)cc1. The number of hydrogen-bond acceptors (Lipinski definition) is 5. The number of ether oxygens (including phenoxy) is 4. The Bertz CT molecular complexity index is 2860. The Labute approximate surface area is 368 Å². The Balaban J connectivity index is 1.15. The van der Waals surface area contributed by atoms with E-state index in [0.29, 0.717) is 0 Å². The number of rotatable bonds is 6. The quantitative estimate of drug-likeness (QED) is 0.167. The molecule has 308 valence electrons.